The molecular weight excluding hydrogens is 440 g/mol. The van der Waals surface area contributed by atoms with Crippen LogP contribution in [-0.4, -0.2) is 73.0 Å². The van der Waals surface area contributed by atoms with Crippen LogP contribution in [0.15, 0.2) is 48.8 Å². The minimum absolute atomic E-state index is 0. The van der Waals surface area contributed by atoms with E-state index in [1.807, 2.05) is 17.2 Å². The molecular formula is C22H30Cl2FN5O. The average Bonchev–Trinajstić information content (AvgIpc) is 2.79. The van der Waals surface area contributed by atoms with Gasteiger partial charge in [0.15, 0.2) is 0 Å². The highest BCUT2D eigenvalue weighted by molar-refractivity contribution is 5.85. The molecule has 31 heavy (non-hydrogen) atoms. The number of carbonyl (C=O) groups excluding carboxylic acids is 1. The fraction of sp³-hybridized carbons (Fsp3) is 0.455. The monoisotopic (exact) mass is 469 g/mol. The fourth-order valence-electron chi connectivity index (χ4n) is 4.18. The number of aromatic nitrogens is 1. The van der Waals surface area contributed by atoms with E-state index in [1.165, 1.54) is 17.7 Å². The third kappa shape index (κ3) is 6.53. The Labute approximate surface area is 195 Å². The zero-order valence-electron chi connectivity index (χ0n) is 17.5. The van der Waals surface area contributed by atoms with E-state index in [2.05, 4.69) is 26.2 Å². The van der Waals surface area contributed by atoms with Crippen LogP contribution in [0.5, 0.6) is 0 Å². The highest BCUT2D eigenvalue weighted by atomic mass is 35.5. The molecule has 9 heteroatoms. The van der Waals surface area contributed by atoms with Gasteiger partial charge in [0.2, 0.25) is 5.91 Å². The van der Waals surface area contributed by atoms with Crippen molar-refractivity contribution < 1.29 is 9.18 Å². The summed E-state index contributed by atoms with van der Waals surface area (Å²) < 4.78 is 13.1. The molecule has 4 rings (SSSR count). The highest BCUT2D eigenvalue weighted by Crippen LogP contribution is 2.22. The quantitative estimate of drug-likeness (QED) is 0.729. The summed E-state index contributed by atoms with van der Waals surface area (Å²) in [6.07, 6.45) is 4.24. The summed E-state index contributed by atoms with van der Waals surface area (Å²) in [7, 11) is 0. The van der Waals surface area contributed by atoms with Crippen LogP contribution in [0.2, 0.25) is 0 Å². The van der Waals surface area contributed by atoms with Crippen LogP contribution in [0.3, 0.4) is 0 Å². The van der Waals surface area contributed by atoms with Gasteiger partial charge in [-0.25, -0.2) is 4.39 Å². The van der Waals surface area contributed by atoms with Crippen molar-refractivity contribution in [2.24, 2.45) is 0 Å². The summed E-state index contributed by atoms with van der Waals surface area (Å²) in [4.78, 5) is 23.6. The van der Waals surface area contributed by atoms with E-state index in [9.17, 15) is 9.18 Å². The zero-order valence-corrected chi connectivity index (χ0v) is 19.1. The molecule has 2 aliphatic heterocycles. The molecule has 0 radical (unpaired) electrons. The molecule has 1 aromatic carbocycles. The van der Waals surface area contributed by atoms with E-state index in [1.54, 1.807) is 18.3 Å². The molecule has 3 heterocycles. The lowest BCUT2D eigenvalue weighted by atomic mass is 10.0. The Balaban J connectivity index is 0.00000171. The SMILES string of the molecule is Cl.Cl.O=C(CCN1CCNCC1c1cccnc1)N1CCN(c2ccc(F)cc2)CC1. The summed E-state index contributed by atoms with van der Waals surface area (Å²) >= 11 is 0. The van der Waals surface area contributed by atoms with Gasteiger partial charge < -0.3 is 15.1 Å². The molecule has 1 unspecified atom stereocenters. The standard InChI is InChI=1S/C22H28FN5O.2ClH/c23-19-3-5-20(6-4-19)26-12-14-28(15-13-26)22(29)7-10-27-11-9-25-17-21(27)18-2-1-8-24-16-18;;/h1-6,8,16,21,25H,7,9-15,17H2;2*1H. The Morgan fingerprint density at radius 1 is 1.06 bits per heavy atom. The first-order valence-electron chi connectivity index (χ1n) is 10.3. The lowest BCUT2D eigenvalue weighted by molar-refractivity contribution is -0.132. The maximum absolute atomic E-state index is 13.1. The van der Waals surface area contributed by atoms with Crippen molar-refractivity contribution >= 4 is 36.4 Å². The van der Waals surface area contributed by atoms with Crippen LogP contribution in [0.1, 0.15) is 18.0 Å². The second-order valence-corrected chi connectivity index (χ2v) is 7.64. The molecule has 170 valence electrons. The van der Waals surface area contributed by atoms with E-state index >= 15 is 0 Å². The molecule has 1 amide bonds. The van der Waals surface area contributed by atoms with E-state index < -0.39 is 0 Å². The van der Waals surface area contributed by atoms with E-state index in [-0.39, 0.29) is 42.6 Å². The van der Waals surface area contributed by atoms with E-state index in [0.29, 0.717) is 19.5 Å². The van der Waals surface area contributed by atoms with Crippen molar-refractivity contribution in [2.75, 3.05) is 57.3 Å². The first kappa shape index (κ1) is 25.3. The first-order chi connectivity index (χ1) is 14.2. The molecule has 1 atom stereocenters. The van der Waals surface area contributed by atoms with Crippen molar-refractivity contribution in [3.8, 4) is 0 Å². The number of carbonyl (C=O) groups is 1. The largest absolute Gasteiger partial charge is 0.368 e. The van der Waals surface area contributed by atoms with Gasteiger partial charge in [0.1, 0.15) is 5.82 Å². The molecule has 0 saturated carbocycles. The van der Waals surface area contributed by atoms with Crippen LogP contribution >= 0.6 is 24.8 Å². The van der Waals surface area contributed by atoms with Crippen LogP contribution in [-0.2, 0) is 4.79 Å². The van der Waals surface area contributed by atoms with Crippen LogP contribution in [0.4, 0.5) is 10.1 Å². The normalized spacial score (nSPS) is 19.3. The summed E-state index contributed by atoms with van der Waals surface area (Å²) in [5.74, 6) is -0.00714. The molecule has 2 aromatic rings. The van der Waals surface area contributed by atoms with Gasteiger partial charge in [0.25, 0.3) is 0 Å². The summed E-state index contributed by atoms with van der Waals surface area (Å²) in [6, 6.07) is 10.9. The second-order valence-electron chi connectivity index (χ2n) is 7.64. The average molecular weight is 470 g/mol. The smallest absolute Gasteiger partial charge is 0.223 e. The topological polar surface area (TPSA) is 51.7 Å². The minimum Gasteiger partial charge on any atom is -0.368 e. The van der Waals surface area contributed by atoms with Gasteiger partial charge in [-0.2, -0.15) is 0 Å². The lowest BCUT2D eigenvalue weighted by Crippen LogP contribution is -2.50. The minimum atomic E-state index is -0.222. The number of anilines is 1. The van der Waals surface area contributed by atoms with Gasteiger partial charge in [-0.3, -0.25) is 14.7 Å². The van der Waals surface area contributed by atoms with Gasteiger partial charge in [-0.1, -0.05) is 6.07 Å². The number of nitrogens with one attached hydrogen (secondary N) is 1. The zero-order chi connectivity index (χ0) is 20.1. The van der Waals surface area contributed by atoms with Crippen molar-refractivity contribution in [2.45, 2.75) is 12.5 Å². The van der Waals surface area contributed by atoms with Crippen molar-refractivity contribution in [3.63, 3.8) is 0 Å². The van der Waals surface area contributed by atoms with Crippen LogP contribution < -0.4 is 10.2 Å². The molecule has 6 nitrogen and oxygen atoms in total. The Morgan fingerprint density at radius 2 is 1.81 bits per heavy atom. The molecule has 2 fully saturated rings. The number of pyridine rings is 1. The highest BCUT2D eigenvalue weighted by Gasteiger charge is 2.26. The second kappa shape index (κ2) is 12.2. The van der Waals surface area contributed by atoms with Gasteiger partial charge in [0, 0.05) is 82.9 Å². The van der Waals surface area contributed by atoms with Gasteiger partial charge in [0.05, 0.1) is 0 Å². The molecule has 0 aliphatic carbocycles. The Hall–Kier alpha value is -1.93. The molecule has 1 N–H and O–H groups in total. The van der Waals surface area contributed by atoms with Crippen molar-refractivity contribution in [1.82, 2.24) is 20.1 Å². The first-order valence-corrected chi connectivity index (χ1v) is 10.3. The predicted molar refractivity (Wildman–Crippen MR) is 126 cm³/mol. The predicted octanol–water partition coefficient (Wildman–Crippen LogP) is 2.75. The summed E-state index contributed by atoms with van der Waals surface area (Å²) in [5.41, 5.74) is 2.21. The van der Waals surface area contributed by atoms with Crippen LogP contribution in [0.25, 0.3) is 0 Å². The lowest BCUT2D eigenvalue weighted by Gasteiger charge is -2.38. The Kier molecular flexibility index (Phi) is 9.96. The van der Waals surface area contributed by atoms with Gasteiger partial charge in [-0.05, 0) is 35.9 Å². The number of nitrogens with zero attached hydrogens (tertiary/aromatic N) is 4. The number of halogens is 3. The summed E-state index contributed by atoms with van der Waals surface area (Å²) in [5, 5.41) is 3.44. The van der Waals surface area contributed by atoms with E-state index in [4.69, 9.17) is 0 Å². The molecule has 2 saturated heterocycles. The van der Waals surface area contributed by atoms with Crippen molar-refractivity contribution in [3.05, 3.63) is 60.2 Å². The maximum Gasteiger partial charge on any atom is 0.223 e. The number of rotatable bonds is 5. The van der Waals surface area contributed by atoms with Crippen molar-refractivity contribution in [1.29, 1.82) is 0 Å². The van der Waals surface area contributed by atoms with Crippen LogP contribution in [0, 0.1) is 5.82 Å². The molecule has 0 bridgehead atoms. The van der Waals surface area contributed by atoms with Gasteiger partial charge >= 0.3 is 0 Å². The molecule has 0 spiro atoms. The summed E-state index contributed by atoms with van der Waals surface area (Å²) in [6.45, 7) is 6.52. The number of hydrogen-bond acceptors (Lipinski definition) is 5. The maximum atomic E-state index is 13.1. The third-order valence-electron chi connectivity index (χ3n) is 5.86. The Bertz CT molecular complexity index is 803. The van der Waals surface area contributed by atoms with Gasteiger partial charge in [-0.15, -0.1) is 24.8 Å². The number of amides is 1. The molecule has 1 aromatic heterocycles. The van der Waals surface area contributed by atoms with E-state index in [0.717, 1.165) is 45.0 Å². The molecule has 2 aliphatic rings. The Morgan fingerprint density at radius 3 is 2.48 bits per heavy atom. The number of benzene rings is 1. The number of piperazine rings is 2. The number of hydrogen-bond donors (Lipinski definition) is 1. The third-order valence-corrected chi connectivity index (χ3v) is 5.86. The fourth-order valence-corrected chi connectivity index (χ4v) is 4.18.